The molecule has 0 atom stereocenters. The molecule has 0 aromatic heterocycles. The van der Waals surface area contributed by atoms with Crippen LogP contribution in [0.15, 0.2) is 24.3 Å². The van der Waals surface area contributed by atoms with Crippen molar-refractivity contribution in [1.82, 2.24) is 5.32 Å². The quantitative estimate of drug-likeness (QED) is 0.334. The standard InChI is InChI=1S/C8H16O.2C8H16.C7H15NO/c1-6(2)5-8(9)7(3)4;2*1-7(2)5-6-8(3)4;1-5(2)7(9)8-6(3)4/h6-7H,5H2,1-4H3;2*5-8H,1-4H3;5-6H,1-4H3,(H,8,9)/b;2*6-5+;. The Kier molecular flexibility index (Phi) is 29.0. The zero-order chi connectivity index (χ0) is 28.0. The van der Waals surface area contributed by atoms with E-state index in [1.54, 1.807) is 0 Å². The maximum Gasteiger partial charge on any atom is 0.222 e. The average Bonchev–Trinajstić information content (AvgIpc) is 2.65. The van der Waals surface area contributed by atoms with Gasteiger partial charge in [-0.2, -0.15) is 0 Å². The summed E-state index contributed by atoms with van der Waals surface area (Å²) in [5, 5.41) is 2.80. The molecule has 3 nitrogen and oxygen atoms in total. The van der Waals surface area contributed by atoms with Gasteiger partial charge in [0.15, 0.2) is 0 Å². The zero-order valence-corrected chi connectivity index (χ0v) is 26.0. The number of carbonyl (C=O) groups is 2. The van der Waals surface area contributed by atoms with Crippen LogP contribution < -0.4 is 5.32 Å². The summed E-state index contributed by atoms with van der Waals surface area (Å²) in [5.41, 5.74) is 0. The zero-order valence-electron chi connectivity index (χ0n) is 26.0. The normalized spacial score (nSPS) is 11.4. The van der Waals surface area contributed by atoms with Crippen LogP contribution >= 0.6 is 0 Å². The lowest BCUT2D eigenvalue weighted by atomic mass is 9.99. The van der Waals surface area contributed by atoms with Gasteiger partial charge >= 0.3 is 0 Å². The minimum Gasteiger partial charge on any atom is -0.354 e. The molecule has 0 unspecified atom stereocenters. The molecular formula is C31H63NO2. The Bertz CT molecular complexity index is 454. The second-order valence-corrected chi connectivity index (χ2v) is 11.8. The lowest BCUT2D eigenvalue weighted by Gasteiger charge is -2.09. The largest absolute Gasteiger partial charge is 0.354 e. The number of hydrogen-bond donors (Lipinski definition) is 1. The molecule has 3 heteroatoms. The Morgan fingerprint density at radius 1 is 0.529 bits per heavy atom. The lowest BCUT2D eigenvalue weighted by Crippen LogP contribution is -2.33. The van der Waals surface area contributed by atoms with E-state index in [1.165, 1.54) is 0 Å². The van der Waals surface area contributed by atoms with Crippen LogP contribution in [0.25, 0.3) is 0 Å². The van der Waals surface area contributed by atoms with Crippen molar-refractivity contribution in [2.75, 3.05) is 0 Å². The first-order valence-electron chi connectivity index (χ1n) is 13.5. The molecule has 0 aliphatic carbocycles. The summed E-state index contributed by atoms with van der Waals surface area (Å²) >= 11 is 0. The molecule has 34 heavy (non-hydrogen) atoms. The van der Waals surface area contributed by atoms with E-state index in [9.17, 15) is 9.59 Å². The fraction of sp³-hybridized carbons (Fsp3) is 0.806. The predicted molar refractivity (Wildman–Crippen MR) is 155 cm³/mol. The molecule has 0 saturated heterocycles. The van der Waals surface area contributed by atoms with Crippen LogP contribution in [0.4, 0.5) is 0 Å². The third kappa shape index (κ3) is 44.3. The Morgan fingerprint density at radius 2 is 0.824 bits per heavy atom. The molecule has 0 spiro atoms. The summed E-state index contributed by atoms with van der Waals surface area (Å²) in [6.07, 6.45) is 9.70. The molecular weight excluding hydrogens is 418 g/mol. The number of nitrogens with one attached hydrogen (secondary N) is 1. The summed E-state index contributed by atoms with van der Waals surface area (Å²) in [4.78, 5) is 21.8. The monoisotopic (exact) mass is 481 g/mol. The van der Waals surface area contributed by atoms with Crippen molar-refractivity contribution < 1.29 is 9.59 Å². The summed E-state index contributed by atoms with van der Waals surface area (Å²) in [6.45, 7) is 33.3. The van der Waals surface area contributed by atoms with Crippen LogP contribution in [-0.2, 0) is 9.59 Å². The number of hydrogen-bond acceptors (Lipinski definition) is 2. The average molecular weight is 482 g/mol. The minimum atomic E-state index is 0.104. The fourth-order valence-electron chi connectivity index (χ4n) is 1.98. The number of rotatable bonds is 9. The molecule has 0 radical (unpaired) electrons. The van der Waals surface area contributed by atoms with Gasteiger partial charge in [0, 0.05) is 24.3 Å². The molecule has 0 aromatic carbocycles. The van der Waals surface area contributed by atoms with Crippen molar-refractivity contribution in [3.8, 4) is 0 Å². The predicted octanol–water partition coefficient (Wildman–Crippen LogP) is 9.13. The topological polar surface area (TPSA) is 46.2 Å². The van der Waals surface area contributed by atoms with Gasteiger partial charge in [-0.1, -0.05) is 121 Å². The van der Waals surface area contributed by atoms with Gasteiger partial charge in [-0.3, -0.25) is 9.59 Å². The van der Waals surface area contributed by atoms with Gasteiger partial charge in [0.2, 0.25) is 5.91 Å². The summed E-state index contributed by atoms with van der Waals surface area (Å²) in [6, 6.07) is 0.264. The van der Waals surface area contributed by atoms with Gasteiger partial charge in [-0.15, -0.1) is 0 Å². The number of carbonyl (C=O) groups excluding carboxylic acids is 2. The molecule has 0 heterocycles. The number of amides is 1. The van der Waals surface area contributed by atoms with E-state index in [1.807, 2.05) is 41.5 Å². The van der Waals surface area contributed by atoms with E-state index in [4.69, 9.17) is 0 Å². The second-order valence-electron chi connectivity index (χ2n) is 11.8. The third-order valence-corrected chi connectivity index (χ3v) is 3.97. The molecule has 204 valence electrons. The highest BCUT2D eigenvalue weighted by Crippen LogP contribution is 2.06. The van der Waals surface area contributed by atoms with Crippen LogP contribution in [0.1, 0.15) is 117 Å². The molecule has 0 aliphatic rings. The van der Waals surface area contributed by atoms with Gasteiger partial charge in [-0.25, -0.2) is 0 Å². The minimum absolute atomic E-state index is 0.104. The van der Waals surface area contributed by atoms with E-state index in [0.717, 1.165) is 6.42 Å². The smallest absolute Gasteiger partial charge is 0.222 e. The Balaban J connectivity index is -0.000000177. The van der Waals surface area contributed by atoms with E-state index in [-0.39, 0.29) is 23.8 Å². The summed E-state index contributed by atoms with van der Waals surface area (Å²) < 4.78 is 0. The Labute approximate surface area is 215 Å². The molecule has 0 aromatic rings. The number of ketones is 1. The maximum absolute atomic E-state index is 11.0. The van der Waals surface area contributed by atoms with Gasteiger partial charge in [0.25, 0.3) is 0 Å². The first kappa shape index (κ1) is 39.8. The van der Waals surface area contributed by atoms with Crippen molar-refractivity contribution in [2.45, 2.75) is 123 Å². The molecule has 0 bridgehead atoms. The number of Topliss-reactive ketones (excluding diaryl/α,β-unsaturated/α-hetero) is 1. The molecule has 1 N–H and O–H groups in total. The molecule has 0 saturated carbocycles. The van der Waals surface area contributed by atoms with Crippen molar-refractivity contribution in [3.05, 3.63) is 24.3 Å². The molecule has 1 amide bonds. The van der Waals surface area contributed by atoms with Gasteiger partial charge in [0.05, 0.1) is 0 Å². The van der Waals surface area contributed by atoms with E-state index >= 15 is 0 Å². The van der Waals surface area contributed by atoms with E-state index in [2.05, 4.69) is 98.9 Å². The lowest BCUT2D eigenvalue weighted by molar-refractivity contribution is -0.124. The van der Waals surface area contributed by atoms with Crippen molar-refractivity contribution in [3.63, 3.8) is 0 Å². The van der Waals surface area contributed by atoms with Crippen molar-refractivity contribution >= 4 is 11.7 Å². The third-order valence-electron chi connectivity index (χ3n) is 3.97. The molecule has 0 aliphatic heterocycles. The van der Waals surface area contributed by atoms with Crippen LogP contribution in [0, 0.1) is 41.4 Å². The molecule has 0 fully saturated rings. The highest BCUT2D eigenvalue weighted by Gasteiger charge is 2.08. The first-order chi connectivity index (χ1) is 15.3. The summed E-state index contributed by atoms with van der Waals surface area (Å²) in [5.74, 6) is 4.17. The highest BCUT2D eigenvalue weighted by atomic mass is 16.2. The highest BCUT2D eigenvalue weighted by molar-refractivity contribution is 5.80. The van der Waals surface area contributed by atoms with Crippen LogP contribution in [-0.4, -0.2) is 17.7 Å². The second kappa shape index (κ2) is 24.7. The summed E-state index contributed by atoms with van der Waals surface area (Å²) in [7, 11) is 0. The van der Waals surface area contributed by atoms with Crippen molar-refractivity contribution in [1.29, 1.82) is 0 Å². The molecule has 0 rings (SSSR count). The SMILES string of the molecule is CC(C)/C=C/C(C)C.CC(C)/C=C/C(C)C.CC(C)CC(=O)C(C)C.CC(C)NC(=O)C(C)C. The van der Waals surface area contributed by atoms with E-state index in [0.29, 0.717) is 35.4 Å². The number of allylic oxidation sites excluding steroid dienone is 4. The van der Waals surface area contributed by atoms with Crippen LogP contribution in [0.5, 0.6) is 0 Å². The fourth-order valence-corrected chi connectivity index (χ4v) is 1.98. The van der Waals surface area contributed by atoms with Gasteiger partial charge in [0.1, 0.15) is 5.78 Å². The van der Waals surface area contributed by atoms with Crippen molar-refractivity contribution in [2.24, 2.45) is 41.4 Å². The van der Waals surface area contributed by atoms with Crippen LogP contribution in [0.2, 0.25) is 0 Å². The van der Waals surface area contributed by atoms with Gasteiger partial charge < -0.3 is 5.32 Å². The maximum atomic E-state index is 11.0. The van der Waals surface area contributed by atoms with Gasteiger partial charge in [-0.05, 0) is 43.4 Å². The first-order valence-corrected chi connectivity index (χ1v) is 13.5. The van der Waals surface area contributed by atoms with Crippen LogP contribution in [0.3, 0.4) is 0 Å². The van der Waals surface area contributed by atoms with E-state index < -0.39 is 0 Å². The Hall–Kier alpha value is -1.38. The Morgan fingerprint density at radius 3 is 0.912 bits per heavy atom.